The van der Waals surface area contributed by atoms with Gasteiger partial charge in [-0.25, -0.2) is 8.42 Å². The van der Waals surface area contributed by atoms with Crippen LogP contribution >= 0.6 is 12.4 Å². The lowest BCUT2D eigenvalue weighted by Gasteiger charge is -2.27. The van der Waals surface area contributed by atoms with Gasteiger partial charge in [-0.15, -0.1) is 12.4 Å². The van der Waals surface area contributed by atoms with E-state index in [9.17, 15) is 8.42 Å². The van der Waals surface area contributed by atoms with Crippen LogP contribution in [0.3, 0.4) is 0 Å². The Morgan fingerprint density at radius 1 is 1.31 bits per heavy atom. The van der Waals surface area contributed by atoms with Gasteiger partial charge in [0.05, 0.1) is 12.4 Å². The molecular weight excluding hydrogens is 252 g/mol. The Bertz CT molecular complexity index is 298. The zero-order valence-corrected chi connectivity index (χ0v) is 10.9. The topological polar surface area (TPSA) is 58.6 Å². The van der Waals surface area contributed by atoms with Crippen LogP contribution in [0.5, 0.6) is 0 Å². The van der Waals surface area contributed by atoms with Crippen molar-refractivity contribution in [1.29, 1.82) is 0 Å². The maximum Gasteiger partial charge on any atom is 0.214 e. The van der Waals surface area contributed by atoms with E-state index in [0.29, 0.717) is 26.3 Å². The van der Waals surface area contributed by atoms with Gasteiger partial charge in [0, 0.05) is 32.8 Å². The molecule has 1 unspecified atom stereocenters. The quantitative estimate of drug-likeness (QED) is 0.764. The number of halogens is 1. The van der Waals surface area contributed by atoms with Gasteiger partial charge >= 0.3 is 0 Å². The molecule has 16 heavy (non-hydrogen) atoms. The molecule has 2 saturated heterocycles. The summed E-state index contributed by atoms with van der Waals surface area (Å²) in [4.78, 5) is 0. The predicted molar refractivity (Wildman–Crippen MR) is 64.4 cm³/mol. The van der Waals surface area contributed by atoms with Crippen molar-refractivity contribution >= 4 is 22.4 Å². The Morgan fingerprint density at radius 3 is 2.56 bits per heavy atom. The van der Waals surface area contributed by atoms with Gasteiger partial charge in [-0.2, -0.15) is 4.31 Å². The summed E-state index contributed by atoms with van der Waals surface area (Å²) in [6, 6.07) is 0. The number of hydrogen-bond acceptors (Lipinski definition) is 4. The highest BCUT2D eigenvalue weighted by Gasteiger charge is 2.28. The SMILES string of the molecule is Cl.O=S(=O)(CC1CCOC1)N1CCNCC1. The molecule has 5 nitrogen and oxygen atoms in total. The highest BCUT2D eigenvalue weighted by molar-refractivity contribution is 7.89. The van der Waals surface area contributed by atoms with Gasteiger partial charge in [0.1, 0.15) is 0 Å². The summed E-state index contributed by atoms with van der Waals surface area (Å²) >= 11 is 0. The Hall–Kier alpha value is 0.120. The molecule has 0 bridgehead atoms. The van der Waals surface area contributed by atoms with Gasteiger partial charge in [0.25, 0.3) is 0 Å². The van der Waals surface area contributed by atoms with Crippen molar-refractivity contribution in [2.24, 2.45) is 5.92 Å². The number of piperazine rings is 1. The van der Waals surface area contributed by atoms with Crippen LogP contribution in [0, 0.1) is 5.92 Å². The second kappa shape index (κ2) is 6.16. The summed E-state index contributed by atoms with van der Waals surface area (Å²) in [5, 5.41) is 3.15. The van der Waals surface area contributed by atoms with Crippen LogP contribution in [0.1, 0.15) is 6.42 Å². The van der Waals surface area contributed by atoms with Crippen LogP contribution in [0.4, 0.5) is 0 Å². The van der Waals surface area contributed by atoms with Crippen molar-refractivity contribution in [2.75, 3.05) is 45.1 Å². The van der Waals surface area contributed by atoms with Crippen molar-refractivity contribution in [1.82, 2.24) is 9.62 Å². The highest BCUT2D eigenvalue weighted by Crippen LogP contribution is 2.17. The summed E-state index contributed by atoms with van der Waals surface area (Å²) in [7, 11) is -3.05. The standard InChI is InChI=1S/C9H18N2O3S.ClH/c12-15(13,8-9-1-6-14-7-9)11-4-2-10-3-5-11;/h9-10H,1-8H2;1H. The van der Waals surface area contributed by atoms with Gasteiger partial charge in [0.15, 0.2) is 0 Å². The summed E-state index contributed by atoms with van der Waals surface area (Å²) in [5.41, 5.74) is 0. The molecule has 0 aromatic heterocycles. The molecule has 0 amide bonds. The predicted octanol–water partition coefficient (Wildman–Crippen LogP) is -0.320. The molecule has 2 heterocycles. The van der Waals surface area contributed by atoms with E-state index in [1.165, 1.54) is 0 Å². The van der Waals surface area contributed by atoms with Crippen LogP contribution in [-0.4, -0.2) is 57.9 Å². The van der Waals surface area contributed by atoms with Gasteiger partial charge in [0.2, 0.25) is 10.0 Å². The zero-order valence-electron chi connectivity index (χ0n) is 9.22. The molecule has 2 aliphatic rings. The fourth-order valence-corrected chi connectivity index (χ4v) is 3.85. The molecule has 0 spiro atoms. The van der Waals surface area contributed by atoms with Crippen molar-refractivity contribution in [2.45, 2.75) is 6.42 Å². The smallest absolute Gasteiger partial charge is 0.214 e. The molecule has 1 N–H and O–H groups in total. The van der Waals surface area contributed by atoms with E-state index in [1.807, 2.05) is 0 Å². The largest absolute Gasteiger partial charge is 0.381 e. The monoisotopic (exact) mass is 270 g/mol. The van der Waals surface area contributed by atoms with E-state index in [1.54, 1.807) is 4.31 Å². The lowest BCUT2D eigenvalue weighted by molar-refractivity contribution is 0.188. The minimum Gasteiger partial charge on any atom is -0.381 e. The Balaban J connectivity index is 0.00000128. The molecule has 0 radical (unpaired) electrons. The summed E-state index contributed by atoms with van der Waals surface area (Å²) in [6.07, 6.45) is 0.880. The highest BCUT2D eigenvalue weighted by atomic mass is 35.5. The third-order valence-corrected chi connectivity index (χ3v) is 4.98. The first kappa shape index (κ1) is 14.2. The molecule has 0 saturated carbocycles. The first-order valence-corrected chi connectivity index (χ1v) is 7.06. The number of nitrogens with zero attached hydrogens (tertiary/aromatic N) is 1. The fourth-order valence-electron chi connectivity index (χ4n) is 2.04. The molecule has 0 aliphatic carbocycles. The van der Waals surface area contributed by atoms with Gasteiger partial charge in [-0.3, -0.25) is 0 Å². The molecule has 1 atom stereocenters. The first-order chi connectivity index (χ1) is 7.18. The molecule has 7 heteroatoms. The molecule has 2 fully saturated rings. The molecule has 96 valence electrons. The lowest BCUT2D eigenvalue weighted by Crippen LogP contribution is -2.47. The molecule has 0 aromatic carbocycles. The average molecular weight is 271 g/mol. The second-order valence-electron chi connectivity index (χ2n) is 4.16. The van der Waals surface area contributed by atoms with Crippen LogP contribution in [-0.2, 0) is 14.8 Å². The maximum atomic E-state index is 12.0. The number of ether oxygens (including phenoxy) is 1. The Kier molecular flexibility index (Phi) is 5.46. The van der Waals surface area contributed by atoms with E-state index < -0.39 is 10.0 Å². The summed E-state index contributed by atoms with van der Waals surface area (Å²) in [5.74, 6) is 0.456. The van der Waals surface area contributed by atoms with Crippen molar-refractivity contribution in [3.8, 4) is 0 Å². The van der Waals surface area contributed by atoms with Crippen LogP contribution in [0.2, 0.25) is 0 Å². The van der Waals surface area contributed by atoms with Gasteiger partial charge in [-0.1, -0.05) is 0 Å². The second-order valence-corrected chi connectivity index (χ2v) is 6.17. The number of rotatable bonds is 3. The molecule has 2 aliphatic heterocycles. The van der Waals surface area contributed by atoms with Crippen molar-refractivity contribution in [3.63, 3.8) is 0 Å². The Morgan fingerprint density at radius 2 is 2.00 bits per heavy atom. The lowest BCUT2D eigenvalue weighted by atomic mass is 10.2. The first-order valence-electron chi connectivity index (χ1n) is 5.45. The van der Waals surface area contributed by atoms with E-state index in [2.05, 4.69) is 5.32 Å². The third-order valence-electron chi connectivity index (χ3n) is 2.94. The van der Waals surface area contributed by atoms with Gasteiger partial charge in [-0.05, 0) is 12.3 Å². The average Bonchev–Trinajstić information content (AvgIpc) is 2.71. The zero-order chi connectivity index (χ0) is 10.7. The minimum absolute atomic E-state index is 0. The van der Waals surface area contributed by atoms with Crippen LogP contribution in [0.25, 0.3) is 0 Å². The number of hydrogen-bond donors (Lipinski definition) is 1. The molecule has 0 aromatic rings. The summed E-state index contributed by atoms with van der Waals surface area (Å²) < 4.78 is 30.8. The third kappa shape index (κ3) is 3.56. The Labute approximate surface area is 103 Å². The van der Waals surface area contributed by atoms with Crippen LogP contribution < -0.4 is 5.32 Å². The molecular formula is C9H19ClN2O3S. The van der Waals surface area contributed by atoms with E-state index in [-0.39, 0.29) is 24.1 Å². The number of sulfonamides is 1. The minimum atomic E-state index is -3.05. The van der Waals surface area contributed by atoms with Crippen molar-refractivity contribution in [3.05, 3.63) is 0 Å². The number of nitrogens with one attached hydrogen (secondary N) is 1. The van der Waals surface area contributed by atoms with E-state index >= 15 is 0 Å². The summed E-state index contributed by atoms with van der Waals surface area (Å²) in [6.45, 7) is 4.06. The van der Waals surface area contributed by atoms with Crippen molar-refractivity contribution < 1.29 is 13.2 Å². The fraction of sp³-hybridized carbons (Fsp3) is 1.00. The van der Waals surface area contributed by atoms with E-state index in [0.717, 1.165) is 19.5 Å². The van der Waals surface area contributed by atoms with Gasteiger partial charge < -0.3 is 10.1 Å². The normalized spacial score (nSPS) is 27.6. The van der Waals surface area contributed by atoms with Crippen LogP contribution in [0.15, 0.2) is 0 Å². The molecule has 2 rings (SSSR count). The maximum absolute atomic E-state index is 12.0. The van der Waals surface area contributed by atoms with E-state index in [4.69, 9.17) is 4.74 Å².